The molecule has 2 atom stereocenters. The summed E-state index contributed by atoms with van der Waals surface area (Å²) in [5, 5.41) is 17.4. The Balaban J connectivity index is 1.83. The van der Waals surface area contributed by atoms with Crippen LogP contribution in [0.2, 0.25) is 0 Å². The number of halogens is 1. The Kier molecular flexibility index (Phi) is 5.54. The van der Waals surface area contributed by atoms with Crippen molar-refractivity contribution < 1.29 is 14.4 Å². The van der Waals surface area contributed by atoms with Gasteiger partial charge in [-0.25, -0.2) is 0 Å². The number of carbonyl (C=O) groups is 1. The highest BCUT2D eigenvalue weighted by Crippen LogP contribution is 2.32. The topological polar surface area (TPSA) is 75.4 Å². The SMILES string of the molecule is Cc1noc(-c2ccc(Br)cc2)c1C(O)C(=O)N[C@H](C)c1ccccc1. The highest BCUT2D eigenvalue weighted by molar-refractivity contribution is 9.10. The number of carbonyl (C=O) groups excluding carboxylic acids is 1. The zero-order valence-electron chi connectivity index (χ0n) is 14.4. The minimum Gasteiger partial charge on any atom is -0.378 e. The van der Waals surface area contributed by atoms with Crippen LogP contribution in [0, 0.1) is 6.92 Å². The van der Waals surface area contributed by atoms with Gasteiger partial charge in [-0.05, 0) is 31.5 Å². The molecule has 1 heterocycles. The van der Waals surface area contributed by atoms with E-state index in [0.29, 0.717) is 17.0 Å². The Morgan fingerprint density at radius 3 is 2.46 bits per heavy atom. The molecule has 1 amide bonds. The number of hydrogen-bond acceptors (Lipinski definition) is 4. The van der Waals surface area contributed by atoms with Crippen molar-refractivity contribution in [3.05, 3.63) is 75.9 Å². The smallest absolute Gasteiger partial charge is 0.254 e. The van der Waals surface area contributed by atoms with Crippen molar-refractivity contribution in [1.29, 1.82) is 0 Å². The van der Waals surface area contributed by atoms with Gasteiger partial charge in [-0.1, -0.05) is 63.6 Å². The predicted molar refractivity (Wildman–Crippen MR) is 102 cm³/mol. The summed E-state index contributed by atoms with van der Waals surface area (Å²) in [5.74, 6) is -0.101. The number of hydrogen-bond donors (Lipinski definition) is 2. The van der Waals surface area contributed by atoms with Crippen LogP contribution >= 0.6 is 15.9 Å². The van der Waals surface area contributed by atoms with E-state index in [-0.39, 0.29) is 6.04 Å². The van der Waals surface area contributed by atoms with Crippen molar-refractivity contribution in [1.82, 2.24) is 10.5 Å². The summed E-state index contributed by atoms with van der Waals surface area (Å²) in [6, 6.07) is 16.8. The highest BCUT2D eigenvalue weighted by atomic mass is 79.9. The van der Waals surface area contributed by atoms with Crippen LogP contribution in [0.3, 0.4) is 0 Å². The number of amides is 1. The summed E-state index contributed by atoms with van der Waals surface area (Å²) in [4.78, 5) is 12.6. The first-order valence-corrected chi connectivity index (χ1v) is 9.02. The van der Waals surface area contributed by atoms with Crippen molar-refractivity contribution in [3.8, 4) is 11.3 Å². The van der Waals surface area contributed by atoms with E-state index in [9.17, 15) is 9.90 Å². The number of benzene rings is 2. The van der Waals surface area contributed by atoms with Gasteiger partial charge in [0.25, 0.3) is 5.91 Å². The Morgan fingerprint density at radius 2 is 1.81 bits per heavy atom. The maximum atomic E-state index is 12.6. The number of aliphatic hydroxyl groups is 1. The molecule has 0 radical (unpaired) electrons. The molecule has 0 saturated carbocycles. The fourth-order valence-electron chi connectivity index (χ4n) is 2.76. The predicted octanol–water partition coefficient (Wildman–Crippen LogP) is 4.32. The minimum atomic E-state index is -1.37. The Morgan fingerprint density at radius 1 is 1.15 bits per heavy atom. The Bertz CT molecular complexity index is 891. The second-order valence-electron chi connectivity index (χ2n) is 6.06. The zero-order valence-corrected chi connectivity index (χ0v) is 16.0. The van der Waals surface area contributed by atoms with Gasteiger partial charge in [0.1, 0.15) is 0 Å². The van der Waals surface area contributed by atoms with Crippen LogP contribution in [-0.2, 0) is 4.79 Å². The van der Waals surface area contributed by atoms with Crippen LogP contribution in [0.25, 0.3) is 11.3 Å². The maximum absolute atomic E-state index is 12.6. The summed E-state index contributed by atoms with van der Waals surface area (Å²) >= 11 is 3.38. The molecule has 3 aromatic rings. The van der Waals surface area contributed by atoms with Crippen molar-refractivity contribution in [3.63, 3.8) is 0 Å². The monoisotopic (exact) mass is 414 g/mol. The third-order valence-electron chi connectivity index (χ3n) is 4.19. The molecule has 0 bridgehead atoms. The van der Waals surface area contributed by atoms with Crippen LogP contribution in [0.1, 0.15) is 35.9 Å². The first-order valence-electron chi connectivity index (χ1n) is 8.23. The van der Waals surface area contributed by atoms with Gasteiger partial charge >= 0.3 is 0 Å². The van der Waals surface area contributed by atoms with Crippen LogP contribution in [0.4, 0.5) is 0 Å². The zero-order chi connectivity index (χ0) is 18.7. The lowest BCUT2D eigenvalue weighted by Gasteiger charge is -2.17. The fourth-order valence-corrected chi connectivity index (χ4v) is 3.02. The summed E-state index contributed by atoms with van der Waals surface area (Å²) in [6.07, 6.45) is -1.37. The highest BCUT2D eigenvalue weighted by Gasteiger charge is 2.28. The molecule has 3 rings (SSSR count). The lowest BCUT2D eigenvalue weighted by atomic mass is 10.0. The maximum Gasteiger partial charge on any atom is 0.254 e. The van der Waals surface area contributed by atoms with E-state index in [0.717, 1.165) is 15.6 Å². The molecular weight excluding hydrogens is 396 g/mol. The molecule has 2 aromatic carbocycles. The average Bonchev–Trinajstić information content (AvgIpc) is 3.03. The van der Waals surface area contributed by atoms with Crippen molar-refractivity contribution >= 4 is 21.8 Å². The van der Waals surface area contributed by atoms with E-state index in [1.165, 1.54) is 0 Å². The molecule has 1 aromatic heterocycles. The molecule has 1 unspecified atom stereocenters. The number of aliphatic hydroxyl groups excluding tert-OH is 1. The van der Waals surface area contributed by atoms with Crippen LogP contribution < -0.4 is 5.32 Å². The normalized spacial score (nSPS) is 13.2. The molecule has 0 aliphatic heterocycles. The van der Waals surface area contributed by atoms with Gasteiger partial charge in [0, 0.05) is 10.0 Å². The molecule has 0 aliphatic rings. The molecule has 0 spiro atoms. The van der Waals surface area contributed by atoms with E-state index in [1.54, 1.807) is 6.92 Å². The molecule has 134 valence electrons. The average molecular weight is 415 g/mol. The lowest BCUT2D eigenvalue weighted by Crippen LogP contribution is -2.32. The van der Waals surface area contributed by atoms with Gasteiger partial charge in [-0.3, -0.25) is 4.79 Å². The number of aromatic nitrogens is 1. The molecule has 0 saturated heterocycles. The van der Waals surface area contributed by atoms with Gasteiger partial charge in [-0.15, -0.1) is 0 Å². The van der Waals surface area contributed by atoms with Crippen LogP contribution in [0.15, 0.2) is 63.6 Å². The number of rotatable bonds is 5. The van der Waals surface area contributed by atoms with Crippen molar-refractivity contribution in [2.75, 3.05) is 0 Å². The molecule has 5 nitrogen and oxygen atoms in total. The standard InChI is InChI=1S/C20H19BrN2O3/c1-12(14-6-4-3-5-7-14)22-20(25)18(24)17-13(2)23-26-19(17)15-8-10-16(21)11-9-15/h3-12,18,24H,1-2H3,(H,22,25)/t12-,18?/m1/s1. The van der Waals surface area contributed by atoms with E-state index in [4.69, 9.17) is 4.52 Å². The van der Waals surface area contributed by atoms with E-state index < -0.39 is 12.0 Å². The first kappa shape index (κ1) is 18.4. The van der Waals surface area contributed by atoms with E-state index in [1.807, 2.05) is 61.5 Å². The summed E-state index contributed by atoms with van der Waals surface area (Å²) in [5.41, 5.74) is 2.57. The number of nitrogens with zero attached hydrogens (tertiary/aromatic N) is 1. The second kappa shape index (κ2) is 7.85. The summed E-state index contributed by atoms with van der Waals surface area (Å²) in [7, 11) is 0. The number of nitrogens with one attached hydrogen (secondary N) is 1. The van der Waals surface area contributed by atoms with Gasteiger partial charge in [-0.2, -0.15) is 0 Å². The third-order valence-corrected chi connectivity index (χ3v) is 4.72. The van der Waals surface area contributed by atoms with Gasteiger partial charge < -0.3 is 14.9 Å². The third kappa shape index (κ3) is 3.86. The summed E-state index contributed by atoms with van der Waals surface area (Å²) in [6.45, 7) is 3.58. The Labute approximate surface area is 160 Å². The number of aryl methyl sites for hydroxylation is 1. The van der Waals surface area contributed by atoms with Gasteiger partial charge in [0.2, 0.25) is 0 Å². The molecule has 6 heteroatoms. The molecule has 26 heavy (non-hydrogen) atoms. The van der Waals surface area contributed by atoms with Crippen molar-refractivity contribution in [2.45, 2.75) is 26.0 Å². The molecule has 0 fully saturated rings. The molecular formula is C20H19BrN2O3. The molecule has 2 N–H and O–H groups in total. The second-order valence-corrected chi connectivity index (χ2v) is 6.98. The lowest BCUT2D eigenvalue weighted by molar-refractivity contribution is -0.130. The van der Waals surface area contributed by atoms with Crippen LogP contribution in [0.5, 0.6) is 0 Å². The van der Waals surface area contributed by atoms with Gasteiger partial charge in [0.05, 0.1) is 17.3 Å². The minimum absolute atomic E-state index is 0.227. The largest absolute Gasteiger partial charge is 0.378 e. The van der Waals surface area contributed by atoms with E-state index in [2.05, 4.69) is 26.4 Å². The van der Waals surface area contributed by atoms with Crippen molar-refractivity contribution in [2.24, 2.45) is 0 Å². The first-order chi connectivity index (χ1) is 12.5. The summed E-state index contributed by atoms with van der Waals surface area (Å²) < 4.78 is 6.30. The fraction of sp³-hybridized carbons (Fsp3) is 0.200. The quantitative estimate of drug-likeness (QED) is 0.651. The van der Waals surface area contributed by atoms with Crippen LogP contribution in [-0.4, -0.2) is 16.2 Å². The Hall–Kier alpha value is -2.44. The molecule has 0 aliphatic carbocycles. The van der Waals surface area contributed by atoms with E-state index >= 15 is 0 Å². The van der Waals surface area contributed by atoms with Gasteiger partial charge in [0.15, 0.2) is 11.9 Å².